The molecule has 0 aliphatic carbocycles. The van der Waals surface area contributed by atoms with Crippen molar-refractivity contribution in [2.24, 2.45) is 0 Å². The maximum Gasteiger partial charge on any atom is 0.0562 e. The summed E-state index contributed by atoms with van der Waals surface area (Å²) in [5, 5.41) is 9.93. The molecular formula is C54H34N4. The Labute approximate surface area is 333 Å². The number of hydrogen-bond donors (Lipinski definition) is 0. The molecule has 4 nitrogen and oxygen atoms in total. The van der Waals surface area contributed by atoms with Crippen LogP contribution in [0.4, 0.5) is 0 Å². The van der Waals surface area contributed by atoms with Gasteiger partial charge in [0.15, 0.2) is 0 Å². The maximum atomic E-state index is 2.50. The van der Waals surface area contributed by atoms with Crippen LogP contribution in [0.25, 0.3) is 110 Å². The molecule has 4 aromatic heterocycles. The highest BCUT2D eigenvalue weighted by Crippen LogP contribution is 2.43. The topological polar surface area (TPSA) is 19.7 Å². The molecule has 0 bridgehead atoms. The third-order valence-electron chi connectivity index (χ3n) is 12.3. The van der Waals surface area contributed by atoms with Gasteiger partial charge >= 0.3 is 0 Å². The molecular weight excluding hydrogens is 705 g/mol. The molecule has 13 aromatic rings. The molecule has 0 atom stereocenters. The van der Waals surface area contributed by atoms with Crippen molar-refractivity contribution in [2.45, 2.75) is 0 Å². The van der Waals surface area contributed by atoms with Gasteiger partial charge in [-0.1, -0.05) is 127 Å². The second kappa shape index (κ2) is 11.8. The van der Waals surface area contributed by atoms with Crippen molar-refractivity contribution in [3.63, 3.8) is 0 Å². The second-order valence-electron chi connectivity index (χ2n) is 15.3. The van der Waals surface area contributed by atoms with Crippen molar-refractivity contribution < 1.29 is 0 Å². The molecule has 0 radical (unpaired) electrons. The minimum atomic E-state index is 1.14. The zero-order valence-corrected chi connectivity index (χ0v) is 31.4. The van der Waals surface area contributed by atoms with E-state index >= 15 is 0 Å². The number of rotatable bonds is 4. The molecule has 0 aliphatic heterocycles. The van der Waals surface area contributed by atoms with E-state index in [0.717, 1.165) is 17.1 Å². The van der Waals surface area contributed by atoms with Crippen LogP contribution < -0.4 is 0 Å². The van der Waals surface area contributed by atoms with Crippen molar-refractivity contribution in [3.05, 3.63) is 206 Å². The molecule has 13 rings (SSSR count). The molecule has 4 heteroatoms. The van der Waals surface area contributed by atoms with E-state index in [9.17, 15) is 0 Å². The zero-order chi connectivity index (χ0) is 37.9. The summed E-state index contributed by atoms with van der Waals surface area (Å²) in [5.41, 5.74) is 14.2. The first-order valence-electron chi connectivity index (χ1n) is 20.0. The lowest BCUT2D eigenvalue weighted by Crippen LogP contribution is -1.98. The number of hydrogen-bond acceptors (Lipinski definition) is 0. The van der Waals surface area contributed by atoms with Crippen LogP contribution in [0.1, 0.15) is 0 Å². The van der Waals surface area contributed by atoms with E-state index in [1.54, 1.807) is 0 Å². The van der Waals surface area contributed by atoms with Crippen LogP contribution in [0.5, 0.6) is 0 Å². The van der Waals surface area contributed by atoms with Crippen LogP contribution in [0.2, 0.25) is 0 Å². The minimum Gasteiger partial charge on any atom is -0.309 e. The predicted molar refractivity (Wildman–Crippen MR) is 244 cm³/mol. The monoisotopic (exact) mass is 738 g/mol. The summed E-state index contributed by atoms with van der Waals surface area (Å²) in [7, 11) is 0. The lowest BCUT2D eigenvalue weighted by atomic mass is 10.1. The number of para-hydroxylation sites is 6. The van der Waals surface area contributed by atoms with Gasteiger partial charge in [-0.3, -0.25) is 0 Å². The normalized spacial score (nSPS) is 12.1. The number of nitrogens with zero attached hydrogens (tertiary/aromatic N) is 4. The summed E-state index contributed by atoms with van der Waals surface area (Å²) in [6, 6.07) is 75.4. The molecule has 0 saturated carbocycles. The largest absolute Gasteiger partial charge is 0.309 e. The van der Waals surface area contributed by atoms with Gasteiger partial charge in [-0.05, 0) is 78.9 Å². The minimum absolute atomic E-state index is 1.14. The van der Waals surface area contributed by atoms with Crippen LogP contribution in [0.3, 0.4) is 0 Å². The van der Waals surface area contributed by atoms with Gasteiger partial charge in [0, 0.05) is 54.5 Å². The molecule has 0 aliphatic rings. The van der Waals surface area contributed by atoms with Gasteiger partial charge in [0.25, 0.3) is 0 Å². The van der Waals surface area contributed by atoms with Gasteiger partial charge in [0.2, 0.25) is 0 Å². The van der Waals surface area contributed by atoms with Gasteiger partial charge in [-0.15, -0.1) is 0 Å². The van der Waals surface area contributed by atoms with E-state index in [4.69, 9.17) is 0 Å². The third-order valence-corrected chi connectivity index (χ3v) is 12.3. The molecule has 270 valence electrons. The van der Waals surface area contributed by atoms with Crippen LogP contribution in [0.15, 0.2) is 206 Å². The van der Waals surface area contributed by atoms with Gasteiger partial charge in [-0.25, -0.2) is 0 Å². The summed E-state index contributed by atoms with van der Waals surface area (Å²) in [5.74, 6) is 0. The molecule has 4 heterocycles. The van der Waals surface area contributed by atoms with Crippen LogP contribution in [0, 0.1) is 0 Å². The fraction of sp³-hybridized carbons (Fsp3) is 0. The van der Waals surface area contributed by atoms with Crippen LogP contribution in [-0.4, -0.2) is 18.3 Å². The first-order valence-corrected chi connectivity index (χ1v) is 20.0. The summed E-state index contributed by atoms with van der Waals surface area (Å²) in [6.07, 6.45) is 0. The quantitative estimate of drug-likeness (QED) is 0.171. The van der Waals surface area contributed by atoms with E-state index < -0.39 is 0 Å². The SMILES string of the molecule is c1ccc(-n2c3ccccc3c3c(-n4c5ccccc5c5c(-n6c7ccccc7c7ccc(-n8c9ccccc9c9ccccc98)cc76)cccc54)cccc32)cc1. The van der Waals surface area contributed by atoms with Gasteiger partial charge < -0.3 is 18.3 Å². The van der Waals surface area contributed by atoms with Crippen LogP contribution >= 0.6 is 0 Å². The lowest BCUT2D eigenvalue weighted by Gasteiger charge is -2.14. The third kappa shape index (κ3) is 4.18. The first kappa shape index (κ1) is 31.4. The Morgan fingerprint density at radius 3 is 1.12 bits per heavy atom. The summed E-state index contributed by atoms with van der Waals surface area (Å²) >= 11 is 0. The fourth-order valence-electron chi connectivity index (χ4n) is 10.0. The fourth-order valence-corrected chi connectivity index (χ4v) is 10.0. The van der Waals surface area contributed by atoms with E-state index in [2.05, 4.69) is 225 Å². The number of fused-ring (bicyclic) bond motifs is 12. The molecule has 0 N–H and O–H groups in total. The Bertz CT molecular complexity index is 3740. The van der Waals surface area contributed by atoms with E-state index in [1.165, 1.54) is 92.9 Å². The Hall–Kier alpha value is -7.82. The van der Waals surface area contributed by atoms with Crippen molar-refractivity contribution in [3.8, 4) is 22.7 Å². The highest BCUT2D eigenvalue weighted by molar-refractivity contribution is 6.19. The molecule has 0 unspecified atom stereocenters. The average Bonchev–Trinajstić information content (AvgIpc) is 4.01. The Morgan fingerprint density at radius 1 is 0.207 bits per heavy atom. The van der Waals surface area contributed by atoms with Crippen molar-refractivity contribution in [1.82, 2.24) is 18.3 Å². The first-order chi connectivity index (χ1) is 28.8. The molecule has 0 spiro atoms. The summed E-state index contributed by atoms with van der Waals surface area (Å²) in [6.45, 7) is 0. The Kier molecular flexibility index (Phi) is 6.41. The van der Waals surface area contributed by atoms with Gasteiger partial charge in [0.1, 0.15) is 0 Å². The molecule has 58 heavy (non-hydrogen) atoms. The van der Waals surface area contributed by atoms with Crippen LogP contribution in [-0.2, 0) is 0 Å². The highest BCUT2D eigenvalue weighted by Gasteiger charge is 2.23. The summed E-state index contributed by atoms with van der Waals surface area (Å²) < 4.78 is 9.82. The van der Waals surface area contributed by atoms with E-state index in [-0.39, 0.29) is 0 Å². The molecule has 9 aromatic carbocycles. The predicted octanol–water partition coefficient (Wildman–Crippen LogP) is 14.1. The van der Waals surface area contributed by atoms with Crippen molar-refractivity contribution in [2.75, 3.05) is 0 Å². The lowest BCUT2D eigenvalue weighted by molar-refractivity contribution is 1.16. The van der Waals surface area contributed by atoms with E-state index in [1.807, 2.05) is 0 Å². The smallest absolute Gasteiger partial charge is 0.0562 e. The second-order valence-corrected chi connectivity index (χ2v) is 15.3. The molecule has 0 saturated heterocycles. The zero-order valence-electron chi connectivity index (χ0n) is 31.4. The highest BCUT2D eigenvalue weighted by atomic mass is 15.0. The Morgan fingerprint density at radius 2 is 0.569 bits per heavy atom. The van der Waals surface area contributed by atoms with Crippen molar-refractivity contribution >= 4 is 87.2 Å². The van der Waals surface area contributed by atoms with Gasteiger partial charge in [0.05, 0.1) is 55.5 Å². The number of aromatic nitrogens is 4. The standard InChI is InChI=1S/C54H34N4/c1-2-16-35(17-3-1)55-46-26-12-7-21-41(46)53-48(55)28-14-29-49(53)57-47-27-13-8-22-42(47)54-50(57)30-15-31-51(54)58-45-25-11-6-20-39(45)40-33-32-36(34-52(40)58)56-43-23-9-4-18-37(43)38-19-5-10-24-44(38)56/h1-34H. The summed E-state index contributed by atoms with van der Waals surface area (Å²) in [4.78, 5) is 0. The maximum absolute atomic E-state index is 2.50. The average molecular weight is 739 g/mol. The van der Waals surface area contributed by atoms with E-state index in [0.29, 0.717) is 0 Å². The Balaban J connectivity index is 1.13. The van der Waals surface area contributed by atoms with Gasteiger partial charge in [-0.2, -0.15) is 0 Å². The number of benzene rings is 9. The molecule has 0 amide bonds. The molecule has 0 fully saturated rings. The van der Waals surface area contributed by atoms with Crippen molar-refractivity contribution in [1.29, 1.82) is 0 Å².